The molecule has 1 fully saturated rings. The van der Waals surface area contributed by atoms with Crippen molar-refractivity contribution < 1.29 is 4.39 Å². The number of piperazine rings is 1. The molecule has 0 spiro atoms. The van der Waals surface area contributed by atoms with E-state index in [4.69, 9.17) is 0 Å². The summed E-state index contributed by atoms with van der Waals surface area (Å²) in [5, 5.41) is 3.33. The van der Waals surface area contributed by atoms with Gasteiger partial charge in [-0.2, -0.15) is 0 Å². The summed E-state index contributed by atoms with van der Waals surface area (Å²) in [5.74, 6) is -0.140. The average Bonchev–Trinajstić information content (AvgIpc) is 2.38. The molecule has 0 aliphatic carbocycles. The lowest BCUT2D eigenvalue weighted by Gasteiger charge is -2.36. The standard InChI is InChI=1S/C15H20BrFN2/c1-11(2)10-14(19-8-6-18-7-9-19)15-12(16)4-3-5-13(15)17/h3-5,14,18H,1,6-10H2,2H3/t14-/m1/s1. The first-order valence-electron chi connectivity index (χ1n) is 6.62. The van der Waals surface area contributed by atoms with Crippen LogP contribution in [0.2, 0.25) is 0 Å². The summed E-state index contributed by atoms with van der Waals surface area (Å²) in [7, 11) is 0. The topological polar surface area (TPSA) is 15.3 Å². The lowest BCUT2D eigenvalue weighted by atomic mass is 9.97. The molecular formula is C15H20BrFN2. The quantitative estimate of drug-likeness (QED) is 0.852. The molecule has 1 aliphatic rings. The van der Waals surface area contributed by atoms with Gasteiger partial charge in [-0.25, -0.2) is 4.39 Å². The molecule has 1 saturated heterocycles. The van der Waals surface area contributed by atoms with E-state index in [0.29, 0.717) is 0 Å². The van der Waals surface area contributed by atoms with Crippen molar-refractivity contribution >= 4 is 15.9 Å². The Morgan fingerprint density at radius 1 is 1.47 bits per heavy atom. The fourth-order valence-corrected chi connectivity index (χ4v) is 3.17. The second-order valence-corrected chi connectivity index (χ2v) is 5.95. The molecule has 1 heterocycles. The summed E-state index contributed by atoms with van der Waals surface area (Å²) >= 11 is 3.49. The van der Waals surface area contributed by atoms with Gasteiger partial charge in [-0.15, -0.1) is 6.58 Å². The highest BCUT2D eigenvalue weighted by atomic mass is 79.9. The molecule has 1 aromatic carbocycles. The van der Waals surface area contributed by atoms with Gasteiger partial charge in [-0.3, -0.25) is 4.90 Å². The number of hydrogen-bond acceptors (Lipinski definition) is 2. The summed E-state index contributed by atoms with van der Waals surface area (Å²) in [6.07, 6.45) is 0.791. The lowest BCUT2D eigenvalue weighted by molar-refractivity contribution is 0.169. The van der Waals surface area contributed by atoms with Gasteiger partial charge >= 0.3 is 0 Å². The van der Waals surface area contributed by atoms with Crippen molar-refractivity contribution in [2.75, 3.05) is 26.2 Å². The van der Waals surface area contributed by atoms with Crippen LogP contribution in [0.15, 0.2) is 34.8 Å². The summed E-state index contributed by atoms with van der Waals surface area (Å²) < 4.78 is 15.0. The maximum Gasteiger partial charge on any atom is 0.129 e. The third-order valence-corrected chi connectivity index (χ3v) is 4.16. The number of nitrogens with one attached hydrogen (secondary N) is 1. The van der Waals surface area contributed by atoms with Crippen molar-refractivity contribution in [3.63, 3.8) is 0 Å². The first kappa shape index (κ1) is 14.7. The van der Waals surface area contributed by atoms with Crippen molar-refractivity contribution in [1.29, 1.82) is 0 Å². The second-order valence-electron chi connectivity index (χ2n) is 5.10. The fourth-order valence-electron chi connectivity index (χ4n) is 2.57. The van der Waals surface area contributed by atoms with Gasteiger partial charge < -0.3 is 5.32 Å². The number of rotatable bonds is 4. The van der Waals surface area contributed by atoms with E-state index in [1.807, 2.05) is 13.0 Å². The zero-order chi connectivity index (χ0) is 13.8. The molecular weight excluding hydrogens is 307 g/mol. The molecule has 1 N–H and O–H groups in total. The molecule has 19 heavy (non-hydrogen) atoms. The van der Waals surface area contributed by atoms with Gasteiger partial charge in [0.05, 0.1) is 0 Å². The van der Waals surface area contributed by atoms with Gasteiger partial charge in [0, 0.05) is 42.3 Å². The molecule has 0 aromatic heterocycles. The molecule has 0 unspecified atom stereocenters. The van der Waals surface area contributed by atoms with E-state index in [2.05, 4.69) is 32.7 Å². The third-order valence-electron chi connectivity index (χ3n) is 3.47. The van der Waals surface area contributed by atoms with Crippen LogP contribution in [0, 0.1) is 5.82 Å². The average molecular weight is 327 g/mol. The zero-order valence-electron chi connectivity index (χ0n) is 11.3. The number of nitrogens with zero attached hydrogens (tertiary/aromatic N) is 1. The third kappa shape index (κ3) is 3.65. The van der Waals surface area contributed by atoms with Crippen molar-refractivity contribution in [2.45, 2.75) is 19.4 Å². The summed E-state index contributed by atoms with van der Waals surface area (Å²) in [6.45, 7) is 9.80. The van der Waals surface area contributed by atoms with Crippen molar-refractivity contribution in [3.05, 3.63) is 46.2 Å². The number of halogens is 2. The van der Waals surface area contributed by atoms with E-state index in [1.54, 1.807) is 6.07 Å². The largest absolute Gasteiger partial charge is 0.314 e. The fraction of sp³-hybridized carbons (Fsp3) is 0.467. The van der Waals surface area contributed by atoms with Gasteiger partial charge in [0.1, 0.15) is 5.82 Å². The molecule has 2 nitrogen and oxygen atoms in total. The summed E-state index contributed by atoms with van der Waals surface area (Å²) in [6, 6.07) is 5.24. The van der Waals surface area contributed by atoms with E-state index in [-0.39, 0.29) is 11.9 Å². The van der Waals surface area contributed by atoms with E-state index in [0.717, 1.165) is 48.2 Å². The molecule has 104 valence electrons. The van der Waals surface area contributed by atoms with Gasteiger partial charge in [-0.1, -0.05) is 27.6 Å². The minimum absolute atomic E-state index is 0.0650. The maximum absolute atomic E-state index is 14.2. The van der Waals surface area contributed by atoms with E-state index >= 15 is 0 Å². The molecule has 4 heteroatoms. The van der Waals surface area contributed by atoms with Gasteiger partial charge in [0.15, 0.2) is 0 Å². The SMILES string of the molecule is C=C(C)C[C@H](c1c(F)cccc1Br)N1CCNCC1. The first-order chi connectivity index (χ1) is 9.09. The molecule has 1 aliphatic heterocycles. The van der Waals surface area contributed by atoms with Crippen LogP contribution < -0.4 is 5.32 Å². The summed E-state index contributed by atoms with van der Waals surface area (Å²) in [5.41, 5.74) is 1.84. The maximum atomic E-state index is 14.2. The minimum Gasteiger partial charge on any atom is -0.314 e. The normalized spacial score (nSPS) is 18.3. The molecule has 1 aromatic rings. The monoisotopic (exact) mass is 326 g/mol. The zero-order valence-corrected chi connectivity index (χ0v) is 12.8. The summed E-state index contributed by atoms with van der Waals surface area (Å²) in [4.78, 5) is 2.34. The van der Waals surface area contributed by atoms with Crippen LogP contribution in [-0.4, -0.2) is 31.1 Å². The van der Waals surface area contributed by atoms with Gasteiger partial charge in [0.2, 0.25) is 0 Å². The Labute approximate surface area is 122 Å². The predicted molar refractivity (Wildman–Crippen MR) is 80.7 cm³/mol. The van der Waals surface area contributed by atoms with Crippen molar-refractivity contribution in [1.82, 2.24) is 10.2 Å². The highest BCUT2D eigenvalue weighted by molar-refractivity contribution is 9.10. The van der Waals surface area contributed by atoms with Gasteiger partial charge in [0.25, 0.3) is 0 Å². The van der Waals surface area contributed by atoms with Crippen LogP contribution in [0.3, 0.4) is 0 Å². The Kier molecular flexibility index (Phi) is 5.13. The lowest BCUT2D eigenvalue weighted by Crippen LogP contribution is -2.45. The molecule has 0 bridgehead atoms. The molecule has 0 saturated carbocycles. The van der Waals surface area contributed by atoms with Crippen molar-refractivity contribution in [2.24, 2.45) is 0 Å². The van der Waals surface area contributed by atoms with Crippen LogP contribution in [0.4, 0.5) is 4.39 Å². The molecule has 1 atom stereocenters. The Hall–Kier alpha value is -0.710. The smallest absolute Gasteiger partial charge is 0.129 e. The van der Waals surface area contributed by atoms with Crippen LogP contribution in [-0.2, 0) is 0 Å². The van der Waals surface area contributed by atoms with Crippen LogP contribution in [0.1, 0.15) is 24.9 Å². The van der Waals surface area contributed by atoms with E-state index < -0.39 is 0 Å². The van der Waals surface area contributed by atoms with Crippen LogP contribution in [0.5, 0.6) is 0 Å². The van der Waals surface area contributed by atoms with E-state index in [1.165, 1.54) is 6.07 Å². The Morgan fingerprint density at radius 2 is 2.16 bits per heavy atom. The predicted octanol–water partition coefficient (Wildman–Crippen LogP) is 3.50. The highest BCUT2D eigenvalue weighted by Crippen LogP contribution is 2.34. The molecule has 0 amide bonds. The first-order valence-corrected chi connectivity index (χ1v) is 7.42. The Balaban J connectivity index is 2.33. The van der Waals surface area contributed by atoms with Gasteiger partial charge in [-0.05, 0) is 25.5 Å². The van der Waals surface area contributed by atoms with Crippen LogP contribution in [0.25, 0.3) is 0 Å². The van der Waals surface area contributed by atoms with Crippen molar-refractivity contribution in [3.8, 4) is 0 Å². The number of hydrogen-bond donors (Lipinski definition) is 1. The minimum atomic E-state index is -0.140. The second kappa shape index (κ2) is 6.64. The Morgan fingerprint density at radius 3 is 2.74 bits per heavy atom. The van der Waals surface area contributed by atoms with Crippen LogP contribution >= 0.6 is 15.9 Å². The Bertz CT molecular complexity index is 435. The highest BCUT2D eigenvalue weighted by Gasteiger charge is 2.26. The number of benzene rings is 1. The van der Waals surface area contributed by atoms with E-state index in [9.17, 15) is 4.39 Å². The molecule has 0 radical (unpaired) electrons. The molecule has 2 rings (SSSR count).